The van der Waals surface area contributed by atoms with Crippen LogP contribution in [0.2, 0.25) is 0 Å². The third-order valence-electron chi connectivity index (χ3n) is 6.28. The normalized spacial score (nSPS) is 15.5. The van der Waals surface area contributed by atoms with Crippen LogP contribution >= 0.6 is 0 Å². The smallest absolute Gasteiger partial charge is 0.401 e. The number of nitrogens with one attached hydrogen (secondary N) is 1. The van der Waals surface area contributed by atoms with Gasteiger partial charge in [0.25, 0.3) is 0 Å². The Morgan fingerprint density at radius 3 is 2.66 bits per heavy atom. The summed E-state index contributed by atoms with van der Waals surface area (Å²) in [5, 5.41) is 14.9. The molecule has 0 radical (unpaired) electrons. The van der Waals surface area contributed by atoms with E-state index in [9.17, 15) is 18.0 Å². The summed E-state index contributed by atoms with van der Waals surface area (Å²) in [4.78, 5) is 27.3. The summed E-state index contributed by atoms with van der Waals surface area (Å²) in [6, 6.07) is 7.02. The molecule has 3 aromatic heterocycles. The van der Waals surface area contributed by atoms with Gasteiger partial charge in [-0.1, -0.05) is 32.9 Å². The van der Waals surface area contributed by atoms with E-state index in [-0.39, 0.29) is 31.3 Å². The van der Waals surface area contributed by atoms with Gasteiger partial charge in [-0.25, -0.2) is 15.0 Å². The van der Waals surface area contributed by atoms with Crippen molar-refractivity contribution in [3.63, 3.8) is 0 Å². The van der Waals surface area contributed by atoms with Gasteiger partial charge < -0.3 is 9.73 Å². The molecule has 1 aliphatic heterocycles. The number of aliphatic imine (C=N–C) groups is 1. The lowest BCUT2D eigenvalue weighted by molar-refractivity contribution is -0.146. The van der Waals surface area contributed by atoms with Crippen LogP contribution in [0.3, 0.4) is 0 Å². The second kappa shape index (κ2) is 10.8. The summed E-state index contributed by atoms with van der Waals surface area (Å²) in [5.74, 6) is -0.396. The molecule has 214 valence electrons. The highest BCUT2D eigenvalue weighted by molar-refractivity contribution is 6.10. The predicted molar refractivity (Wildman–Crippen MR) is 144 cm³/mol. The van der Waals surface area contributed by atoms with Crippen molar-refractivity contribution in [3.05, 3.63) is 65.8 Å². The molecule has 41 heavy (non-hydrogen) atoms. The summed E-state index contributed by atoms with van der Waals surface area (Å²) < 4.78 is 47.2. The summed E-state index contributed by atoms with van der Waals surface area (Å²) in [5.41, 5.74) is 2.98. The van der Waals surface area contributed by atoms with E-state index < -0.39 is 24.0 Å². The molecule has 5 rings (SSSR count). The Hall–Kier alpha value is -4.46. The van der Waals surface area contributed by atoms with E-state index in [4.69, 9.17) is 4.42 Å². The second-order valence-electron chi connectivity index (χ2n) is 10.8. The lowest BCUT2D eigenvalue weighted by Crippen LogP contribution is -2.34. The zero-order valence-corrected chi connectivity index (χ0v) is 22.9. The van der Waals surface area contributed by atoms with Gasteiger partial charge in [0.1, 0.15) is 0 Å². The molecule has 0 fully saturated rings. The molecule has 0 spiro atoms. The molecule has 4 aromatic rings. The quantitative estimate of drug-likeness (QED) is 0.365. The van der Waals surface area contributed by atoms with Gasteiger partial charge in [0, 0.05) is 55.5 Å². The average Bonchev–Trinajstić information content (AvgIpc) is 3.52. The third-order valence-corrected chi connectivity index (χ3v) is 6.28. The molecule has 0 atom stereocenters. The topological polar surface area (TPSA) is 127 Å². The van der Waals surface area contributed by atoms with Crippen LogP contribution in [0.1, 0.15) is 54.9 Å². The summed E-state index contributed by atoms with van der Waals surface area (Å²) in [6.45, 7) is 4.57. The number of rotatable bonds is 5. The number of amides is 1. The second-order valence-corrected chi connectivity index (χ2v) is 10.8. The zero-order chi connectivity index (χ0) is 29.4. The molecule has 11 nitrogen and oxygen atoms in total. The largest absolute Gasteiger partial charge is 0.416 e. The van der Waals surface area contributed by atoms with E-state index in [0.29, 0.717) is 39.7 Å². The maximum Gasteiger partial charge on any atom is 0.401 e. The summed E-state index contributed by atoms with van der Waals surface area (Å²) in [7, 11) is 1.79. The van der Waals surface area contributed by atoms with E-state index >= 15 is 0 Å². The standard InChI is InChI=1S/C27H28F3N9O2/c1-26(2,3)24-37-36-23(41-24)22(40)34-21-8-10-39(15-27(28,29)30)13-17-11-16(5-6-19(17)21)20-7-9-31-25(35-20)33-18-12-32-38(4)14-18/h5-7,9,11-12,14H,8,10,13,15H2,1-4H3,(H,31,33,35). The lowest BCUT2D eigenvalue weighted by Gasteiger charge is -2.21. The molecular formula is C27H28F3N9O2. The number of benzene rings is 1. The fourth-order valence-corrected chi connectivity index (χ4v) is 4.37. The van der Waals surface area contributed by atoms with Gasteiger partial charge in [0.15, 0.2) is 0 Å². The Labute approximate surface area is 233 Å². The Balaban J connectivity index is 1.48. The van der Waals surface area contributed by atoms with Crippen LogP contribution < -0.4 is 5.32 Å². The molecule has 14 heteroatoms. The predicted octanol–water partition coefficient (Wildman–Crippen LogP) is 4.70. The van der Waals surface area contributed by atoms with Crippen LogP contribution in [0.4, 0.5) is 24.8 Å². The number of anilines is 2. The molecule has 1 aliphatic rings. The number of nitrogens with zero attached hydrogens (tertiary/aromatic N) is 8. The molecule has 1 amide bonds. The Morgan fingerprint density at radius 1 is 1.17 bits per heavy atom. The van der Waals surface area contributed by atoms with Gasteiger partial charge >= 0.3 is 18.0 Å². The molecular weight excluding hydrogens is 539 g/mol. The number of carbonyl (C=O) groups is 1. The highest BCUT2D eigenvalue weighted by Crippen LogP contribution is 2.29. The molecule has 4 heterocycles. The van der Waals surface area contributed by atoms with E-state index in [1.807, 2.05) is 20.8 Å². The van der Waals surface area contributed by atoms with Gasteiger partial charge in [0.2, 0.25) is 11.8 Å². The van der Waals surface area contributed by atoms with Gasteiger partial charge in [-0.15, -0.1) is 10.2 Å². The first kappa shape index (κ1) is 28.1. The number of hydrogen-bond acceptors (Lipinski definition) is 9. The number of hydrogen-bond donors (Lipinski definition) is 1. The van der Waals surface area contributed by atoms with Crippen LogP contribution in [-0.2, 0) is 19.0 Å². The average molecular weight is 568 g/mol. The molecule has 1 N–H and O–H groups in total. The van der Waals surface area contributed by atoms with Gasteiger partial charge in [-0.2, -0.15) is 18.3 Å². The Bertz CT molecular complexity index is 1600. The Kier molecular flexibility index (Phi) is 7.43. The van der Waals surface area contributed by atoms with Crippen molar-refractivity contribution in [1.82, 2.24) is 34.8 Å². The minimum Gasteiger partial charge on any atom is -0.416 e. The van der Waals surface area contributed by atoms with Gasteiger partial charge in [-0.05, 0) is 17.7 Å². The molecule has 0 aliphatic carbocycles. The molecule has 0 unspecified atom stereocenters. The van der Waals surface area contributed by atoms with E-state index in [2.05, 4.69) is 35.6 Å². The zero-order valence-electron chi connectivity index (χ0n) is 22.9. The van der Waals surface area contributed by atoms with Gasteiger partial charge in [-0.3, -0.25) is 14.4 Å². The van der Waals surface area contributed by atoms with Crippen LogP contribution in [0, 0.1) is 0 Å². The van der Waals surface area contributed by atoms with E-state index in [1.54, 1.807) is 54.6 Å². The van der Waals surface area contributed by atoms with Crippen molar-refractivity contribution in [2.45, 2.75) is 45.3 Å². The highest BCUT2D eigenvalue weighted by atomic mass is 19.4. The molecule has 0 saturated heterocycles. The van der Waals surface area contributed by atoms with Crippen molar-refractivity contribution in [3.8, 4) is 11.3 Å². The number of fused-ring (bicyclic) bond motifs is 1. The van der Waals surface area contributed by atoms with Crippen LogP contribution in [-0.4, -0.2) is 65.7 Å². The first-order valence-electron chi connectivity index (χ1n) is 12.8. The number of carbonyl (C=O) groups excluding carboxylic acids is 1. The van der Waals surface area contributed by atoms with Crippen LogP contribution in [0.5, 0.6) is 0 Å². The van der Waals surface area contributed by atoms with Crippen molar-refractivity contribution < 1.29 is 22.4 Å². The first-order valence-corrected chi connectivity index (χ1v) is 12.8. The molecule has 0 saturated carbocycles. The number of aryl methyl sites for hydroxylation is 1. The maximum atomic E-state index is 13.4. The minimum absolute atomic E-state index is 0.0104. The van der Waals surface area contributed by atoms with Crippen molar-refractivity contribution in [2.75, 3.05) is 18.4 Å². The highest BCUT2D eigenvalue weighted by Gasteiger charge is 2.33. The van der Waals surface area contributed by atoms with E-state index in [1.165, 1.54) is 4.90 Å². The first-order chi connectivity index (χ1) is 19.3. The maximum absolute atomic E-state index is 13.4. The fourth-order valence-electron chi connectivity index (χ4n) is 4.37. The van der Waals surface area contributed by atoms with E-state index in [0.717, 1.165) is 0 Å². The van der Waals surface area contributed by atoms with Crippen molar-refractivity contribution in [1.29, 1.82) is 0 Å². The van der Waals surface area contributed by atoms with Gasteiger partial charge in [0.05, 0.1) is 29.8 Å². The van der Waals surface area contributed by atoms with Crippen LogP contribution in [0.25, 0.3) is 11.3 Å². The third kappa shape index (κ3) is 6.82. The van der Waals surface area contributed by atoms with Crippen molar-refractivity contribution >= 4 is 23.3 Å². The molecule has 1 aromatic carbocycles. The number of halogens is 3. The minimum atomic E-state index is -4.39. The molecule has 0 bridgehead atoms. The summed E-state index contributed by atoms with van der Waals surface area (Å²) >= 11 is 0. The SMILES string of the molecule is Cn1cc(Nc2nccc(-c3ccc4c(c3)CN(CC(F)(F)F)CCC4=NC(=O)c3nnc(C(C)(C)C)o3)n2)cn1. The lowest BCUT2D eigenvalue weighted by atomic mass is 9.97. The number of alkyl halides is 3. The van der Waals surface area contributed by atoms with Crippen molar-refractivity contribution in [2.24, 2.45) is 12.0 Å². The Morgan fingerprint density at radius 2 is 1.98 bits per heavy atom. The number of aromatic nitrogens is 6. The monoisotopic (exact) mass is 567 g/mol. The fraction of sp³-hybridized carbons (Fsp3) is 0.370. The van der Waals surface area contributed by atoms with Crippen LogP contribution in [0.15, 0.2) is 52.3 Å². The summed E-state index contributed by atoms with van der Waals surface area (Å²) in [6.07, 6.45) is 0.732.